The Kier molecular flexibility index (Phi) is 3.32. The van der Waals surface area contributed by atoms with Crippen LogP contribution in [0.1, 0.15) is 0 Å². The van der Waals surface area contributed by atoms with Gasteiger partial charge in [0.05, 0.1) is 19.4 Å². The molecule has 0 spiro atoms. The molecule has 0 atom stereocenters. The van der Waals surface area contributed by atoms with Crippen molar-refractivity contribution >= 4 is 28.2 Å². The lowest BCUT2D eigenvalue weighted by molar-refractivity contribution is 0.122. The third kappa shape index (κ3) is 2.46. The zero-order valence-electron chi connectivity index (χ0n) is 12.0. The molecule has 0 radical (unpaired) electrons. The molecule has 3 aromatic rings. The molecule has 0 aliphatic carbocycles. The standard InChI is InChI=1S/C15H16N6O/c1-3-12(21-5-7-22-8-6-21)4-2-11(1)19-15-14-13(9-18-20-14)16-10-17-15/h1-4,9-10H,5-8H2,(H,18,20)(H,16,17,19). The van der Waals surface area contributed by atoms with Gasteiger partial charge in [-0.05, 0) is 24.3 Å². The van der Waals surface area contributed by atoms with Crippen LogP contribution in [-0.4, -0.2) is 46.5 Å². The number of benzene rings is 1. The minimum atomic E-state index is 0.724. The summed E-state index contributed by atoms with van der Waals surface area (Å²) in [6.45, 7) is 3.46. The van der Waals surface area contributed by atoms with Crippen LogP contribution in [0.3, 0.4) is 0 Å². The van der Waals surface area contributed by atoms with E-state index >= 15 is 0 Å². The van der Waals surface area contributed by atoms with Gasteiger partial charge in [-0.2, -0.15) is 5.10 Å². The number of ether oxygens (including phenoxy) is 1. The Hall–Kier alpha value is -2.67. The van der Waals surface area contributed by atoms with Crippen LogP contribution in [0.2, 0.25) is 0 Å². The van der Waals surface area contributed by atoms with Gasteiger partial charge >= 0.3 is 0 Å². The second kappa shape index (κ2) is 5.61. The summed E-state index contributed by atoms with van der Waals surface area (Å²) in [4.78, 5) is 10.7. The summed E-state index contributed by atoms with van der Waals surface area (Å²) in [5.74, 6) is 0.724. The number of hydrogen-bond acceptors (Lipinski definition) is 6. The van der Waals surface area contributed by atoms with Gasteiger partial charge in [-0.1, -0.05) is 0 Å². The van der Waals surface area contributed by atoms with Gasteiger partial charge in [-0.15, -0.1) is 0 Å². The molecule has 0 unspecified atom stereocenters. The first kappa shape index (κ1) is 13.0. The van der Waals surface area contributed by atoms with Crippen LogP contribution in [-0.2, 0) is 4.74 Å². The van der Waals surface area contributed by atoms with Crippen molar-refractivity contribution in [1.82, 2.24) is 20.2 Å². The van der Waals surface area contributed by atoms with Crippen LogP contribution >= 0.6 is 0 Å². The molecule has 1 aromatic carbocycles. The molecule has 0 amide bonds. The lowest BCUT2D eigenvalue weighted by atomic mass is 10.2. The molecule has 22 heavy (non-hydrogen) atoms. The van der Waals surface area contributed by atoms with E-state index in [1.807, 2.05) is 0 Å². The van der Waals surface area contributed by atoms with Gasteiger partial charge in [-0.3, -0.25) is 5.10 Å². The van der Waals surface area contributed by atoms with Crippen molar-refractivity contribution in [2.75, 3.05) is 36.5 Å². The first-order valence-electron chi connectivity index (χ1n) is 7.24. The van der Waals surface area contributed by atoms with Crippen molar-refractivity contribution in [3.63, 3.8) is 0 Å². The number of anilines is 3. The van der Waals surface area contributed by atoms with Gasteiger partial charge in [0.1, 0.15) is 17.4 Å². The minimum Gasteiger partial charge on any atom is -0.378 e. The number of H-pyrrole nitrogens is 1. The van der Waals surface area contributed by atoms with E-state index in [0.29, 0.717) is 0 Å². The van der Waals surface area contributed by atoms with Crippen molar-refractivity contribution < 1.29 is 4.74 Å². The topological polar surface area (TPSA) is 79.0 Å². The number of aromatic nitrogens is 4. The second-order valence-electron chi connectivity index (χ2n) is 5.12. The number of fused-ring (bicyclic) bond motifs is 1. The zero-order valence-corrected chi connectivity index (χ0v) is 12.0. The number of rotatable bonds is 3. The van der Waals surface area contributed by atoms with Crippen molar-refractivity contribution in [2.45, 2.75) is 0 Å². The van der Waals surface area contributed by atoms with Gasteiger partial charge in [0.15, 0.2) is 5.82 Å². The normalized spacial score (nSPS) is 15.2. The predicted molar refractivity (Wildman–Crippen MR) is 84.4 cm³/mol. The summed E-state index contributed by atoms with van der Waals surface area (Å²) >= 11 is 0. The maximum Gasteiger partial charge on any atom is 0.159 e. The Labute approximate surface area is 127 Å². The van der Waals surface area contributed by atoms with E-state index in [-0.39, 0.29) is 0 Å². The molecule has 0 saturated carbocycles. The van der Waals surface area contributed by atoms with Gasteiger partial charge < -0.3 is 15.0 Å². The number of morpholine rings is 1. The SMILES string of the molecule is c1nc(Nc2ccc(N3CCOCC3)cc2)c2[nH]ncc2n1. The molecule has 112 valence electrons. The van der Waals surface area contributed by atoms with Crippen molar-refractivity contribution in [3.05, 3.63) is 36.8 Å². The second-order valence-corrected chi connectivity index (χ2v) is 5.12. The van der Waals surface area contributed by atoms with E-state index in [1.165, 1.54) is 12.0 Å². The maximum atomic E-state index is 5.38. The van der Waals surface area contributed by atoms with Crippen LogP contribution in [0.15, 0.2) is 36.8 Å². The molecular weight excluding hydrogens is 280 g/mol. The van der Waals surface area contributed by atoms with Crippen molar-refractivity contribution in [1.29, 1.82) is 0 Å². The molecule has 2 aromatic heterocycles. The molecule has 1 aliphatic heterocycles. The molecule has 0 bridgehead atoms. The highest BCUT2D eigenvalue weighted by molar-refractivity contribution is 5.86. The third-order valence-corrected chi connectivity index (χ3v) is 3.75. The third-order valence-electron chi connectivity index (χ3n) is 3.75. The van der Waals surface area contributed by atoms with Gasteiger partial charge in [0.2, 0.25) is 0 Å². The fourth-order valence-electron chi connectivity index (χ4n) is 2.57. The van der Waals surface area contributed by atoms with E-state index < -0.39 is 0 Å². The smallest absolute Gasteiger partial charge is 0.159 e. The van der Waals surface area contributed by atoms with E-state index in [0.717, 1.165) is 48.8 Å². The van der Waals surface area contributed by atoms with E-state index in [4.69, 9.17) is 4.74 Å². The number of nitrogens with zero attached hydrogens (tertiary/aromatic N) is 4. The van der Waals surface area contributed by atoms with Crippen LogP contribution in [0, 0.1) is 0 Å². The van der Waals surface area contributed by atoms with Crippen molar-refractivity contribution in [2.24, 2.45) is 0 Å². The molecule has 1 saturated heterocycles. The predicted octanol–water partition coefficient (Wildman–Crippen LogP) is 1.93. The minimum absolute atomic E-state index is 0.724. The lowest BCUT2D eigenvalue weighted by Gasteiger charge is -2.28. The van der Waals surface area contributed by atoms with E-state index in [1.54, 1.807) is 6.20 Å². The van der Waals surface area contributed by atoms with Crippen LogP contribution < -0.4 is 10.2 Å². The molecular formula is C15H16N6O. The molecule has 2 N–H and O–H groups in total. The molecule has 1 aliphatic rings. The molecule has 4 rings (SSSR count). The number of hydrogen-bond donors (Lipinski definition) is 2. The zero-order chi connectivity index (χ0) is 14.8. The first-order valence-corrected chi connectivity index (χ1v) is 7.24. The van der Waals surface area contributed by atoms with Crippen LogP contribution in [0.4, 0.5) is 17.2 Å². The Morgan fingerprint density at radius 3 is 2.73 bits per heavy atom. The Bertz CT molecular complexity index is 763. The molecule has 7 heteroatoms. The summed E-state index contributed by atoms with van der Waals surface area (Å²) in [5.41, 5.74) is 3.79. The number of aromatic amines is 1. The molecule has 7 nitrogen and oxygen atoms in total. The average molecular weight is 296 g/mol. The van der Waals surface area contributed by atoms with E-state index in [9.17, 15) is 0 Å². The van der Waals surface area contributed by atoms with Gasteiger partial charge in [0.25, 0.3) is 0 Å². The highest BCUT2D eigenvalue weighted by Crippen LogP contribution is 2.23. The summed E-state index contributed by atoms with van der Waals surface area (Å²) in [7, 11) is 0. The summed E-state index contributed by atoms with van der Waals surface area (Å²) < 4.78 is 5.38. The van der Waals surface area contributed by atoms with Crippen LogP contribution in [0.25, 0.3) is 11.0 Å². The van der Waals surface area contributed by atoms with Gasteiger partial charge in [0, 0.05) is 24.5 Å². The Balaban J connectivity index is 1.54. The Morgan fingerprint density at radius 1 is 1.09 bits per heavy atom. The monoisotopic (exact) mass is 296 g/mol. The highest BCUT2D eigenvalue weighted by Gasteiger charge is 2.11. The van der Waals surface area contributed by atoms with Crippen LogP contribution in [0.5, 0.6) is 0 Å². The van der Waals surface area contributed by atoms with E-state index in [2.05, 4.69) is 54.6 Å². The number of nitrogens with one attached hydrogen (secondary N) is 2. The fourth-order valence-corrected chi connectivity index (χ4v) is 2.57. The first-order chi connectivity index (χ1) is 10.9. The fraction of sp³-hybridized carbons (Fsp3) is 0.267. The summed E-state index contributed by atoms with van der Waals surface area (Å²) in [6, 6.07) is 8.32. The molecule has 1 fully saturated rings. The Morgan fingerprint density at radius 2 is 1.91 bits per heavy atom. The lowest BCUT2D eigenvalue weighted by Crippen LogP contribution is -2.36. The highest BCUT2D eigenvalue weighted by atomic mass is 16.5. The maximum absolute atomic E-state index is 5.38. The molecule has 3 heterocycles. The average Bonchev–Trinajstić information content (AvgIpc) is 3.06. The van der Waals surface area contributed by atoms with Crippen molar-refractivity contribution in [3.8, 4) is 0 Å². The van der Waals surface area contributed by atoms with Gasteiger partial charge in [-0.25, -0.2) is 9.97 Å². The summed E-state index contributed by atoms with van der Waals surface area (Å²) in [6.07, 6.45) is 3.21. The largest absolute Gasteiger partial charge is 0.378 e. The summed E-state index contributed by atoms with van der Waals surface area (Å²) in [5, 5.41) is 10.2. The quantitative estimate of drug-likeness (QED) is 0.769.